The molecular formula is C17H20N3O2+. The van der Waals surface area contributed by atoms with Crippen LogP contribution >= 0.6 is 0 Å². The molecule has 2 rings (SSSR count). The van der Waals surface area contributed by atoms with Gasteiger partial charge in [-0.3, -0.25) is 9.59 Å². The summed E-state index contributed by atoms with van der Waals surface area (Å²) in [6, 6.07) is 12.9. The van der Waals surface area contributed by atoms with Crippen LogP contribution in [0.25, 0.3) is 0 Å². The van der Waals surface area contributed by atoms with E-state index in [1.807, 2.05) is 44.2 Å². The number of nitrogens with two attached hydrogens (primary N) is 1. The van der Waals surface area contributed by atoms with Crippen molar-refractivity contribution in [1.29, 1.82) is 0 Å². The first kappa shape index (κ1) is 15.7. The normalized spacial score (nSPS) is 10.5. The molecule has 0 spiro atoms. The Hall–Kier alpha value is -2.69. The number of rotatable bonds is 5. The first-order valence-electron chi connectivity index (χ1n) is 7.15. The number of aromatic nitrogens is 1. The fourth-order valence-electron chi connectivity index (χ4n) is 2.32. The molecule has 0 saturated carbocycles. The van der Waals surface area contributed by atoms with Gasteiger partial charge in [-0.05, 0) is 32.0 Å². The van der Waals surface area contributed by atoms with E-state index in [4.69, 9.17) is 5.73 Å². The maximum atomic E-state index is 12.6. The van der Waals surface area contributed by atoms with Gasteiger partial charge in [0, 0.05) is 17.8 Å². The van der Waals surface area contributed by atoms with Gasteiger partial charge < -0.3 is 10.6 Å². The molecule has 5 nitrogen and oxygen atoms in total. The smallest absolute Gasteiger partial charge is 0.293 e. The van der Waals surface area contributed by atoms with E-state index in [0.717, 1.165) is 5.69 Å². The summed E-state index contributed by atoms with van der Waals surface area (Å²) >= 11 is 0. The molecule has 0 saturated heterocycles. The van der Waals surface area contributed by atoms with E-state index < -0.39 is 5.91 Å². The van der Waals surface area contributed by atoms with Crippen molar-refractivity contribution < 1.29 is 14.2 Å². The zero-order valence-corrected chi connectivity index (χ0v) is 12.8. The van der Waals surface area contributed by atoms with E-state index in [-0.39, 0.29) is 18.5 Å². The predicted molar refractivity (Wildman–Crippen MR) is 84.2 cm³/mol. The second-order valence-corrected chi connectivity index (χ2v) is 5.32. The van der Waals surface area contributed by atoms with E-state index in [2.05, 4.69) is 0 Å². The van der Waals surface area contributed by atoms with Gasteiger partial charge in [0.05, 0.1) is 0 Å². The number of para-hydroxylation sites is 1. The highest BCUT2D eigenvalue weighted by atomic mass is 16.2. The summed E-state index contributed by atoms with van der Waals surface area (Å²) in [4.78, 5) is 25.6. The van der Waals surface area contributed by atoms with Crippen LogP contribution in [0.3, 0.4) is 0 Å². The molecule has 22 heavy (non-hydrogen) atoms. The Morgan fingerprint density at radius 3 is 2.41 bits per heavy atom. The predicted octanol–water partition coefficient (Wildman–Crippen LogP) is 1.51. The summed E-state index contributed by atoms with van der Waals surface area (Å²) in [5.74, 6) is -0.557. The quantitative estimate of drug-likeness (QED) is 0.850. The summed E-state index contributed by atoms with van der Waals surface area (Å²) in [7, 11) is 0. The van der Waals surface area contributed by atoms with Crippen LogP contribution in [0.5, 0.6) is 0 Å². The Morgan fingerprint density at radius 1 is 1.14 bits per heavy atom. The largest absolute Gasteiger partial charge is 0.365 e. The zero-order valence-electron chi connectivity index (χ0n) is 12.8. The highest BCUT2D eigenvalue weighted by Gasteiger charge is 2.22. The van der Waals surface area contributed by atoms with Crippen molar-refractivity contribution in [3.05, 3.63) is 60.4 Å². The monoisotopic (exact) mass is 298 g/mol. The standard InChI is InChI=1S/C17H19N3O2/c1-13(2)20(15-8-4-3-5-9-15)16(21)12-19-10-6-7-14(11-19)17(18)22/h3-11,13H,12H2,1-2H3,(H-,18,22)/p+1. The van der Waals surface area contributed by atoms with Crippen molar-refractivity contribution >= 4 is 17.5 Å². The van der Waals surface area contributed by atoms with Crippen LogP contribution in [0, 0.1) is 0 Å². The van der Waals surface area contributed by atoms with Gasteiger partial charge in [0.25, 0.3) is 11.8 Å². The van der Waals surface area contributed by atoms with Crippen molar-refractivity contribution in [3.8, 4) is 0 Å². The Bertz CT molecular complexity index is 669. The minimum atomic E-state index is -0.509. The molecule has 0 unspecified atom stereocenters. The number of benzene rings is 1. The Labute approximate surface area is 130 Å². The van der Waals surface area contributed by atoms with E-state index >= 15 is 0 Å². The van der Waals surface area contributed by atoms with Gasteiger partial charge in [0.2, 0.25) is 6.54 Å². The molecule has 1 aromatic heterocycles. The van der Waals surface area contributed by atoms with Crippen LogP contribution in [-0.2, 0) is 11.3 Å². The SMILES string of the molecule is CC(C)N(C(=O)C[n+]1cccc(C(N)=O)c1)c1ccccc1. The summed E-state index contributed by atoms with van der Waals surface area (Å²) in [6.07, 6.45) is 3.33. The number of nitrogens with zero attached hydrogens (tertiary/aromatic N) is 2. The molecular weight excluding hydrogens is 278 g/mol. The van der Waals surface area contributed by atoms with E-state index in [1.165, 1.54) is 0 Å². The fourth-order valence-corrected chi connectivity index (χ4v) is 2.32. The van der Waals surface area contributed by atoms with Crippen molar-refractivity contribution in [2.45, 2.75) is 26.4 Å². The lowest BCUT2D eigenvalue weighted by Crippen LogP contribution is -2.47. The lowest BCUT2D eigenvalue weighted by molar-refractivity contribution is -0.684. The molecule has 1 heterocycles. The summed E-state index contributed by atoms with van der Waals surface area (Å²) in [5.41, 5.74) is 6.50. The van der Waals surface area contributed by atoms with Gasteiger partial charge in [-0.15, -0.1) is 0 Å². The second kappa shape index (κ2) is 6.85. The first-order chi connectivity index (χ1) is 10.5. The van der Waals surface area contributed by atoms with E-state index in [0.29, 0.717) is 5.56 Å². The Balaban J connectivity index is 2.22. The Morgan fingerprint density at radius 2 is 1.82 bits per heavy atom. The highest BCUT2D eigenvalue weighted by Crippen LogP contribution is 2.16. The Kier molecular flexibility index (Phi) is 4.88. The number of pyridine rings is 1. The molecule has 2 amide bonds. The summed E-state index contributed by atoms with van der Waals surface area (Å²) < 4.78 is 1.67. The fraction of sp³-hybridized carbons (Fsp3) is 0.235. The van der Waals surface area contributed by atoms with Gasteiger partial charge >= 0.3 is 0 Å². The third kappa shape index (κ3) is 3.69. The molecule has 0 aliphatic rings. The minimum Gasteiger partial charge on any atom is -0.365 e. The van der Waals surface area contributed by atoms with Crippen LogP contribution < -0.4 is 15.2 Å². The molecule has 2 aromatic rings. The third-order valence-electron chi connectivity index (χ3n) is 3.28. The average Bonchev–Trinajstić information content (AvgIpc) is 2.48. The number of amides is 2. The number of hydrogen-bond acceptors (Lipinski definition) is 2. The zero-order chi connectivity index (χ0) is 16.1. The van der Waals surface area contributed by atoms with Crippen LogP contribution in [0.4, 0.5) is 5.69 Å². The number of anilines is 1. The molecule has 2 N–H and O–H groups in total. The molecule has 5 heteroatoms. The summed E-state index contributed by atoms with van der Waals surface area (Å²) in [5, 5.41) is 0. The van der Waals surface area contributed by atoms with Crippen LogP contribution in [0.2, 0.25) is 0 Å². The number of carbonyl (C=O) groups is 2. The third-order valence-corrected chi connectivity index (χ3v) is 3.28. The molecule has 0 aliphatic heterocycles. The average molecular weight is 298 g/mol. The maximum Gasteiger partial charge on any atom is 0.293 e. The van der Waals surface area contributed by atoms with Crippen LogP contribution in [-0.4, -0.2) is 17.9 Å². The lowest BCUT2D eigenvalue weighted by atomic mass is 10.2. The summed E-state index contributed by atoms with van der Waals surface area (Å²) in [6.45, 7) is 4.08. The molecule has 0 atom stereocenters. The van der Waals surface area contributed by atoms with Crippen molar-refractivity contribution in [3.63, 3.8) is 0 Å². The van der Waals surface area contributed by atoms with Crippen molar-refractivity contribution in [2.24, 2.45) is 5.73 Å². The van der Waals surface area contributed by atoms with Crippen molar-refractivity contribution in [1.82, 2.24) is 0 Å². The lowest BCUT2D eigenvalue weighted by Gasteiger charge is -2.25. The van der Waals surface area contributed by atoms with E-state index in [1.54, 1.807) is 34.0 Å². The highest BCUT2D eigenvalue weighted by molar-refractivity contribution is 5.93. The minimum absolute atomic E-state index is 0.0369. The first-order valence-corrected chi connectivity index (χ1v) is 7.15. The van der Waals surface area contributed by atoms with Crippen LogP contribution in [0.15, 0.2) is 54.9 Å². The van der Waals surface area contributed by atoms with Gasteiger partial charge in [0.1, 0.15) is 5.56 Å². The molecule has 0 aliphatic carbocycles. The topological polar surface area (TPSA) is 67.3 Å². The van der Waals surface area contributed by atoms with Gasteiger partial charge in [0.15, 0.2) is 12.4 Å². The number of hydrogen-bond donors (Lipinski definition) is 1. The van der Waals surface area contributed by atoms with Gasteiger partial charge in [-0.25, -0.2) is 0 Å². The van der Waals surface area contributed by atoms with Gasteiger partial charge in [-0.1, -0.05) is 18.2 Å². The molecule has 1 aromatic carbocycles. The molecule has 0 fully saturated rings. The molecule has 114 valence electrons. The molecule has 0 radical (unpaired) electrons. The van der Waals surface area contributed by atoms with Gasteiger partial charge in [-0.2, -0.15) is 4.57 Å². The van der Waals surface area contributed by atoms with Crippen LogP contribution in [0.1, 0.15) is 24.2 Å². The number of carbonyl (C=O) groups excluding carboxylic acids is 2. The maximum absolute atomic E-state index is 12.6. The molecule has 0 bridgehead atoms. The number of primary amides is 1. The van der Waals surface area contributed by atoms with Crippen molar-refractivity contribution in [2.75, 3.05) is 4.90 Å². The second-order valence-electron chi connectivity index (χ2n) is 5.32. The van der Waals surface area contributed by atoms with E-state index in [9.17, 15) is 9.59 Å².